The van der Waals surface area contributed by atoms with Gasteiger partial charge in [-0.05, 0) is 24.3 Å². The van der Waals surface area contributed by atoms with E-state index in [1.54, 1.807) is 6.07 Å². The van der Waals surface area contributed by atoms with Gasteiger partial charge in [-0.2, -0.15) is 13.2 Å². The van der Waals surface area contributed by atoms with Crippen molar-refractivity contribution in [3.63, 3.8) is 0 Å². The minimum Gasteiger partial charge on any atom is -0.378 e. The van der Waals surface area contributed by atoms with Gasteiger partial charge in [0.15, 0.2) is 5.82 Å². The number of fused-ring (bicyclic) bond motifs is 1. The van der Waals surface area contributed by atoms with Crippen molar-refractivity contribution in [1.29, 1.82) is 0 Å². The van der Waals surface area contributed by atoms with Gasteiger partial charge in [-0.15, -0.1) is 0 Å². The van der Waals surface area contributed by atoms with Crippen molar-refractivity contribution in [2.45, 2.75) is 12.8 Å². The first-order valence-corrected chi connectivity index (χ1v) is 7.80. The van der Waals surface area contributed by atoms with E-state index in [0.29, 0.717) is 22.5 Å². The van der Waals surface area contributed by atoms with Gasteiger partial charge in [0.2, 0.25) is 0 Å². The lowest BCUT2D eigenvalue weighted by atomic mass is 10.1. The van der Waals surface area contributed by atoms with Gasteiger partial charge in [0, 0.05) is 22.5 Å². The molecule has 24 heavy (non-hydrogen) atoms. The summed E-state index contributed by atoms with van der Waals surface area (Å²) in [6.45, 7) is 0.186. The molecule has 0 unspecified atom stereocenters. The number of nitrogens with zero attached hydrogens (tertiary/aromatic N) is 2. The third-order valence-electron chi connectivity index (χ3n) is 3.47. The molecule has 0 amide bonds. The monoisotopic (exact) mass is 396 g/mol. The fourth-order valence-corrected chi connectivity index (χ4v) is 2.77. The second-order valence-electron chi connectivity index (χ2n) is 5.17. The third-order valence-corrected chi connectivity index (χ3v) is 3.96. The van der Waals surface area contributed by atoms with Gasteiger partial charge in [0.1, 0.15) is 0 Å². The van der Waals surface area contributed by atoms with Crippen LogP contribution >= 0.6 is 15.9 Å². The van der Waals surface area contributed by atoms with Gasteiger partial charge < -0.3 is 4.74 Å². The second-order valence-corrected chi connectivity index (χ2v) is 6.08. The van der Waals surface area contributed by atoms with E-state index in [1.807, 2.05) is 18.2 Å². The van der Waals surface area contributed by atoms with Crippen LogP contribution in [0.5, 0.6) is 0 Å². The highest BCUT2D eigenvalue weighted by Gasteiger charge is 2.30. The van der Waals surface area contributed by atoms with E-state index >= 15 is 0 Å². The quantitative estimate of drug-likeness (QED) is 0.608. The molecule has 0 aliphatic heterocycles. The molecule has 3 nitrogen and oxygen atoms in total. The predicted octanol–water partition coefficient (Wildman–Crippen LogP) is 5.22. The van der Waals surface area contributed by atoms with Crippen molar-refractivity contribution in [1.82, 2.24) is 9.97 Å². The summed E-state index contributed by atoms with van der Waals surface area (Å²) in [4.78, 5) is 8.77. The summed E-state index contributed by atoms with van der Waals surface area (Å²) in [6, 6.07) is 10.7. The Morgan fingerprint density at radius 1 is 1.08 bits per heavy atom. The lowest BCUT2D eigenvalue weighted by Gasteiger charge is -2.11. The molecule has 0 atom stereocenters. The van der Waals surface area contributed by atoms with E-state index in [1.165, 1.54) is 13.2 Å². The Morgan fingerprint density at radius 2 is 1.88 bits per heavy atom. The number of hydrogen-bond acceptors (Lipinski definition) is 3. The maximum absolute atomic E-state index is 13.0. The number of benzene rings is 2. The molecular formula is C17H12BrF3N2O. The first-order chi connectivity index (χ1) is 11.4. The molecule has 0 aliphatic carbocycles. The Bertz CT molecular complexity index is 897. The summed E-state index contributed by atoms with van der Waals surface area (Å²) in [6.07, 6.45) is -4.42. The Balaban J connectivity index is 2.23. The molecule has 0 fully saturated rings. The molecule has 7 heteroatoms. The van der Waals surface area contributed by atoms with Gasteiger partial charge in [-0.25, -0.2) is 9.97 Å². The summed E-state index contributed by atoms with van der Waals surface area (Å²) in [7, 11) is 1.51. The zero-order valence-corrected chi connectivity index (χ0v) is 14.1. The Morgan fingerprint density at radius 3 is 2.54 bits per heavy atom. The fourth-order valence-electron chi connectivity index (χ4n) is 2.38. The number of ether oxygens (including phenoxy) is 1. The smallest absolute Gasteiger partial charge is 0.378 e. The number of alkyl halides is 3. The molecule has 1 aromatic heterocycles. The molecule has 0 N–H and O–H groups in total. The lowest BCUT2D eigenvalue weighted by Crippen LogP contribution is -2.06. The second kappa shape index (κ2) is 6.49. The van der Waals surface area contributed by atoms with E-state index < -0.39 is 11.7 Å². The summed E-state index contributed by atoms with van der Waals surface area (Å²) in [5.74, 6) is 0.357. The molecule has 0 bridgehead atoms. The lowest BCUT2D eigenvalue weighted by molar-refractivity contribution is -0.137. The van der Waals surface area contributed by atoms with Crippen LogP contribution in [-0.4, -0.2) is 17.1 Å². The van der Waals surface area contributed by atoms with Crippen molar-refractivity contribution in [2.24, 2.45) is 0 Å². The van der Waals surface area contributed by atoms with Gasteiger partial charge >= 0.3 is 6.18 Å². The van der Waals surface area contributed by atoms with Gasteiger partial charge in [0.05, 0.1) is 23.4 Å². The van der Waals surface area contributed by atoms with Crippen LogP contribution in [0.25, 0.3) is 22.3 Å². The highest BCUT2D eigenvalue weighted by molar-refractivity contribution is 9.10. The van der Waals surface area contributed by atoms with E-state index in [9.17, 15) is 13.2 Å². The average molecular weight is 397 g/mol. The summed E-state index contributed by atoms with van der Waals surface area (Å²) in [5.41, 5.74) is 0.756. The van der Waals surface area contributed by atoms with Gasteiger partial charge in [0.25, 0.3) is 0 Å². The number of halogens is 4. The molecule has 0 saturated carbocycles. The average Bonchev–Trinajstić information content (AvgIpc) is 2.53. The van der Waals surface area contributed by atoms with Crippen molar-refractivity contribution < 1.29 is 17.9 Å². The van der Waals surface area contributed by atoms with Crippen LogP contribution in [0.2, 0.25) is 0 Å². The van der Waals surface area contributed by atoms with E-state index in [-0.39, 0.29) is 12.1 Å². The van der Waals surface area contributed by atoms with Crippen LogP contribution in [0.4, 0.5) is 13.2 Å². The zero-order valence-electron chi connectivity index (χ0n) is 12.6. The van der Waals surface area contributed by atoms with Gasteiger partial charge in [-0.3, -0.25) is 0 Å². The highest BCUT2D eigenvalue weighted by atomic mass is 79.9. The molecule has 0 saturated heterocycles. The molecular weight excluding hydrogens is 385 g/mol. The number of methoxy groups -OCH3 is 1. The Labute approximate surface area is 144 Å². The van der Waals surface area contributed by atoms with Crippen LogP contribution in [0, 0.1) is 0 Å². The molecule has 3 aromatic rings. The van der Waals surface area contributed by atoms with E-state index in [0.717, 1.165) is 16.6 Å². The Kier molecular flexibility index (Phi) is 4.56. The number of rotatable bonds is 3. The normalized spacial score (nSPS) is 11.9. The standard InChI is InChI=1S/C17H12BrF3N2O/c1-24-9-15-13-6-5-11(17(19,20)21)8-14(13)22-16(23-15)10-3-2-4-12(18)7-10/h2-8H,9H2,1H3. The maximum Gasteiger partial charge on any atom is 0.416 e. The summed E-state index contributed by atoms with van der Waals surface area (Å²) < 4.78 is 44.9. The summed E-state index contributed by atoms with van der Waals surface area (Å²) >= 11 is 3.37. The molecule has 0 spiro atoms. The topological polar surface area (TPSA) is 35.0 Å². The SMILES string of the molecule is COCc1nc(-c2cccc(Br)c2)nc2cc(C(F)(F)F)ccc12. The Hall–Kier alpha value is -1.99. The summed E-state index contributed by atoms with van der Waals surface area (Å²) in [5, 5.41) is 0.545. The highest BCUT2D eigenvalue weighted by Crippen LogP contribution is 2.32. The number of aromatic nitrogens is 2. The van der Waals surface area contributed by atoms with Crippen LogP contribution in [0.15, 0.2) is 46.9 Å². The van der Waals surface area contributed by atoms with Crippen molar-refractivity contribution >= 4 is 26.8 Å². The third kappa shape index (κ3) is 3.42. The van der Waals surface area contributed by atoms with Crippen LogP contribution in [0.3, 0.4) is 0 Å². The molecule has 124 valence electrons. The van der Waals surface area contributed by atoms with Gasteiger partial charge in [-0.1, -0.05) is 34.1 Å². The first-order valence-electron chi connectivity index (χ1n) is 7.01. The largest absolute Gasteiger partial charge is 0.416 e. The van der Waals surface area contributed by atoms with Crippen molar-refractivity contribution in [3.8, 4) is 11.4 Å². The van der Waals surface area contributed by atoms with Crippen LogP contribution < -0.4 is 0 Å². The van der Waals surface area contributed by atoms with E-state index in [4.69, 9.17) is 4.74 Å². The maximum atomic E-state index is 13.0. The van der Waals surface area contributed by atoms with Crippen molar-refractivity contribution in [2.75, 3.05) is 7.11 Å². The van der Waals surface area contributed by atoms with Crippen molar-refractivity contribution in [3.05, 3.63) is 58.2 Å². The van der Waals surface area contributed by atoms with Crippen LogP contribution in [0.1, 0.15) is 11.3 Å². The molecule has 3 rings (SSSR count). The predicted molar refractivity (Wildman–Crippen MR) is 88.4 cm³/mol. The zero-order chi connectivity index (χ0) is 17.3. The number of hydrogen-bond donors (Lipinski definition) is 0. The molecule has 1 heterocycles. The fraction of sp³-hybridized carbons (Fsp3) is 0.176. The molecule has 0 aliphatic rings. The first kappa shape index (κ1) is 16.9. The van der Waals surface area contributed by atoms with Crippen LogP contribution in [-0.2, 0) is 17.5 Å². The van der Waals surface area contributed by atoms with E-state index in [2.05, 4.69) is 25.9 Å². The molecule has 2 aromatic carbocycles. The minimum absolute atomic E-state index is 0.186. The minimum atomic E-state index is -4.42. The molecule has 0 radical (unpaired) electrons.